The van der Waals surface area contributed by atoms with Gasteiger partial charge in [0, 0.05) is 51.7 Å². The smallest absolute Gasteiger partial charge is 0.121 e. The van der Waals surface area contributed by atoms with Gasteiger partial charge in [-0.25, -0.2) is 0 Å². The molecule has 0 unspecified atom stereocenters. The van der Waals surface area contributed by atoms with Gasteiger partial charge in [-0.1, -0.05) is 215 Å². The molecule has 0 aliphatic rings. The number of fused-ring (bicyclic) bond motifs is 2. The van der Waals surface area contributed by atoms with Gasteiger partial charge in [-0.2, -0.15) is 35.0 Å². The molecule has 2 N–H and O–H groups in total. The van der Waals surface area contributed by atoms with E-state index in [0.717, 1.165) is 19.0 Å². The molecule has 2 nitrogen and oxygen atoms in total. The Labute approximate surface area is 423 Å². The van der Waals surface area contributed by atoms with Gasteiger partial charge in [-0.15, -0.1) is 70.7 Å². The molecular weight excluding hydrogens is 1160 g/mol. The Kier molecular flexibility index (Phi) is 30.3. The summed E-state index contributed by atoms with van der Waals surface area (Å²) >= 11 is 0. The van der Waals surface area contributed by atoms with Crippen molar-refractivity contribution in [2.24, 2.45) is 0 Å². The van der Waals surface area contributed by atoms with Crippen LogP contribution in [0.3, 0.4) is 0 Å². The third-order valence-electron chi connectivity index (χ3n) is 8.32. The molecule has 8 heteroatoms. The van der Waals surface area contributed by atoms with Crippen molar-refractivity contribution in [1.29, 1.82) is 0 Å². The molecule has 0 spiro atoms. The quantitative estimate of drug-likeness (QED) is 0.142. The van der Waals surface area contributed by atoms with Crippen molar-refractivity contribution >= 4 is 72.7 Å². The van der Waals surface area contributed by atoms with Crippen molar-refractivity contribution < 1.29 is 76.5 Å². The van der Waals surface area contributed by atoms with Crippen LogP contribution in [-0.4, -0.2) is 19.0 Å². The monoisotopic (exact) mass is 1210 g/mol. The largest absolute Gasteiger partial charge is 1.00 e. The molecule has 0 amide bonds. The molecular formula is C54H46Cl2Hf2N2Si2-6. The number of rotatable bonds is 4. The van der Waals surface area contributed by atoms with Crippen LogP contribution in [0.15, 0.2) is 267 Å². The average molecular weight is 1210 g/mol. The molecule has 4 radical (unpaired) electrons. The van der Waals surface area contributed by atoms with Gasteiger partial charge in [-0.05, 0) is 0 Å². The van der Waals surface area contributed by atoms with Crippen LogP contribution in [0.2, 0.25) is 0 Å². The molecule has 0 aliphatic heterocycles. The minimum Gasteiger partial charge on any atom is -1.00 e. The molecule has 0 saturated carbocycles. The molecule has 62 heavy (non-hydrogen) atoms. The van der Waals surface area contributed by atoms with Gasteiger partial charge in [0.25, 0.3) is 0 Å². The zero-order valence-electron chi connectivity index (χ0n) is 34.2. The number of hydrogen-bond donors (Lipinski definition) is 0. The second-order valence-electron chi connectivity index (χ2n) is 12.8. The third kappa shape index (κ3) is 22.4. The molecule has 0 saturated heterocycles. The summed E-state index contributed by atoms with van der Waals surface area (Å²) in [4.78, 5) is 0. The van der Waals surface area contributed by atoms with Gasteiger partial charge in [0.15, 0.2) is 0 Å². The van der Waals surface area contributed by atoms with E-state index in [1.807, 2.05) is 36.4 Å². The van der Waals surface area contributed by atoms with Crippen LogP contribution in [-0.2, 0) is 51.7 Å². The minimum atomic E-state index is 0. The molecule has 0 heterocycles. The summed E-state index contributed by atoms with van der Waals surface area (Å²) in [5.74, 6) is 0. The number of benzene rings is 8. The number of nitrogens with one attached hydrogen (secondary N) is 2. The van der Waals surface area contributed by atoms with Crippen LogP contribution >= 0.6 is 0 Å². The van der Waals surface area contributed by atoms with E-state index in [9.17, 15) is 0 Å². The van der Waals surface area contributed by atoms with Crippen molar-refractivity contribution in [3.63, 3.8) is 0 Å². The molecule has 0 bridgehead atoms. The molecule has 0 atom stereocenters. The summed E-state index contributed by atoms with van der Waals surface area (Å²) in [5.41, 5.74) is 15.1. The Bertz CT molecular complexity index is 2210. The predicted molar refractivity (Wildman–Crippen MR) is 256 cm³/mol. The van der Waals surface area contributed by atoms with E-state index in [2.05, 4.69) is 206 Å². The Morgan fingerprint density at radius 2 is 0.500 bits per heavy atom. The summed E-state index contributed by atoms with van der Waals surface area (Å²) in [6, 6.07) is 89.8. The molecule has 0 aromatic heterocycles. The summed E-state index contributed by atoms with van der Waals surface area (Å²) < 4.78 is 0. The van der Waals surface area contributed by atoms with Crippen LogP contribution < -0.4 is 45.6 Å². The summed E-state index contributed by atoms with van der Waals surface area (Å²) in [7, 11) is 1.55. The molecule has 0 aliphatic carbocycles. The standard InChI is InChI=1S/2C12H10Si.2C9H7.2C6H6N.2ClH.2Hf/c2*1-3-7-11(8-4-1)13-12-9-5-2-6-10-12;2*1-2-5-9-7-3-6-8(9)4-1;2*7-6-4-2-1-3-5-6;;;;/h2*1-10H;2*1-7H;2*1-5,7H;2*1H;;/q;;4*-1;;;;/p-2. The fourth-order valence-electron chi connectivity index (χ4n) is 5.44. The van der Waals surface area contributed by atoms with Gasteiger partial charge >= 0.3 is 0 Å². The third-order valence-corrected chi connectivity index (χ3v) is 10.8. The van der Waals surface area contributed by atoms with Crippen molar-refractivity contribution in [2.75, 3.05) is 0 Å². The first-order valence-corrected chi connectivity index (χ1v) is 21.1. The normalized spacial score (nSPS) is 9.03. The first-order chi connectivity index (χ1) is 28.6. The number of hydrogen-bond acceptors (Lipinski definition) is 0. The van der Waals surface area contributed by atoms with E-state index in [1.54, 1.807) is 24.3 Å². The maximum Gasteiger partial charge on any atom is 0.121 e. The topological polar surface area (TPSA) is 47.6 Å². The van der Waals surface area contributed by atoms with Crippen LogP contribution in [0, 0.1) is 0 Å². The molecule has 10 aromatic rings. The van der Waals surface area contributed by atoms with Crippen LogP contribution in [0.25, 0.3) is 33.0 Å². The maximum atomic E-state index is 7.00. The van der Waals surface area contributed by atoms with E-state index in [4.69, 9.17) is 11.5 Å². The van der Waals surface area contributed by atoms with Gasteiger partial charge in [0.2, 0.25) is 0 Å². The molecule has 10 rings (SSSR count). The predicted octanol–water partition coefficient (Wildman–Crippen LogP) is 6.54. The van der Waals surface area contributed by atoms with E-state index in [-0.39, 0.29) is 76.5 Å². The van der Waals surface area contributed by atoms with Gasteiger partial charge in [-0.3, -0.25) is 0 Å². The Morgan fingerprint density at radius 3 is 0.726 bits per heavy atom. The Hall–Kier alpha value is -4.67. The van der Waals surface area contributed by atoms with Gasteiger partial charge in [0.05, 0.1) is 0 Å². The first-order valence-electron chi connectivity index (χ1n) is 19.1. The van der Waals surface area contributed by atoms with Gasteiger partial charge < -0.3 is 36.3 Å². The van der Waals surface area contributed by atoms with Crippen molar-refractivity contribution in [2.45, 2.75) is 0 Å². The summed E-state index contributed by atoms with van der Waals surface area (Å²) in [6.45, 7) is 0. The van der Waals surface area contributed by atoms with Crippen LogP contribution in [0.4, 0.5) is 11.4 Å². The van der Waals surface area contributed by atoms with Crippen LogP contribution in [0.1, 0.15) is 0 Å². The molecule has 10 aromatic carbocycles. The summed E-state index contributed by atoms with van der Waals surface area (Å²) in [5, 5.41) is 10.9. The first kappa shape index (κ1) is 55.4. The van der Waals surface area contributed by atoms with Crippen LogP contribution in [0.5, 0.6) is 0 Å². The average Bonchev–Trinajstić information content (AvgIpc) is 3.98. The zero-order valence-corrected chi connectivity index (χ0v) is 44.9. The van der Waals surface area contributed by atoms with Gasteiger partial charge in [0.1, 0.15) is 19.0 Å². The van der Waals surface area contributed by atoms with Crippen molar-refractivity contribution in [1.82, 2.24) is 0 Å². The second kappa shape index (κ2) is 33.9. The van der Waals surface area contributed by atoms with E-state index in [1.165, 1.54) is 42.3 Å². The Balaban J connectivity index is 0.000000373. The molecule has 0 fully saturated rings. The van der Waals surface area contributed by atoms with Crippen molar-refractivity contribution in [3.05, 3.63) is 278 Å². The SMILES string of the molecule is [Cl-].[Cl-].[Hf].[Hf].[NH-]c1ccccc1.[NH-]c1ccccc1.c1ccc([Si]c2ccccc2)cc1.c1ccc([Si]c2ccccc2)cc1.c1ccc2[cH-]ccc2c1.c1ccc2[cH-]ccc2c1. The summed E-state index contributed by atoms with van der Waals surface area (Å²) in [6.07, 6.45) is 0. The fourth-order valence-corrected chi connectivity index (χ4v) is 7.54. The van der Waals surface area contributed by atoms with Crippen molar-refractivity contribution in [3.8, 4) is 0 Å². The molecule has 308 valence electrons. The van der Waals surface area contributed by atoms with E-state index < -0.39 is 0 Å². The Morgan fingerprint density at radius 1 is 0.274 bits per heavy atom. The second-order valence-corrected chi connectivity index (χ2v) is 15.6. The minimum absolute atomic E-state index is 0. The van der Waals surface area contributed by atoms with E-state index >= 15 is 0 Å². The maximum absolute atomic E-state index is 7.00. The fraction of sp³-hybridized carbons (Fsp3) is 0. The van der Waals surface area contributed by atoms with E-state index in [0.29, 0.717) is 11.4 Å². The zero-order chi connectivity index (χ0) is 40.3. The number of halogens is 2.